The summed E-state index contributed by atoms with van der Waals surface area (Å²) in [6.07, 6.45) is 1.84. The Labute approximate surface area is 204 Å². The maximum atomic E-state index is 13.3. The number of nitrogens with one attached hydrogen (secondary N) is 1. The predicted octanol–water partition coefficient (Wildman–Crippen LogP) is 6.33. The summed E-state index contributed by atoms with van der Waals surface area (Å²) in [5.74, 6) is 0.609. The number of thioether (sulfide) groups is 1. The smallest absolute Gasteiger partial charge is 0.271 e. The van der Waals surface area contributed by atoms with Crippen LogP contribution < -0.4 is 15.0 Å². The van der Waals surface area contributed by atoms with E-state index in [1.807, 2.05) is 84.9 Å². The number of thiocarbonyl (C=S) groups is 1. The van der Waals surface area contributed by atoms with Crippen molar-refractivity contribution in [1.82, 2.24) is 0 Å². The lowest BCUT2D eigenvalue weighted by atomic mass is 10.2. The second-order valence-electron chi connectivity index (χ2n) is 6.69. The normalized spacial score (nSPS) is 15.9. The summed E-state index contributed by atoms with van der Waals surface area (Å²) in [6, 6.07) is 24.6. The molecule has 1 aliphatic rings. The zero-order chi connectivity index (χ0) is 22.5. The van der Waals surface area contributed by atoms with Crippen molar-refractivity contribution >= 4 is 73.5 Å². The molecule has 0 unspecified atom stereocenters. The summed E-state index contributed by atoms with van der Waals surface area (Å²) >= 11 is 10.2. The number of aliphatic imine (C=N–C) groups is 1. The van der Waals surface area contributed by atoms with E-state index in [9.17, 15) is 4.79 Å². The van der Waals surface area contributed by atoms with E-state index in [-0.39, 0.29) is 11.0 Å². The number of hydrogen-bond acceptors (Lipinski definition) is 4. The van der Waals surface area contributed by atoms with Crippen LogP contribution in [-0.2, 0) is 4.79 Å². The number of para-hydroxylation sites is 1. The maximum Gasteiger partial charge on any atom is 0.271 e. The van der Waals surface area contributed by atoms with E-state index in [0.29, 0.717) is 10.1 Å². The summed E-state index contributed by atoms with van der Waals surface area (Å²) in [6.45, 7) is 0. The van der Waals surface area contributed by atoms with Gasteiger partial charge in [-0.2, -0.15) is 4.99 Å². The van der Waals surface area contributed by atoms with Crippen LogP contribution in [0.2, 0.25) is 0 Å². The van der Waals surface area contributed by atoms with Crippen molar-refractivity contribution in [3.05, 3.63) is 93.8 Å². The highest BCUT2D eigenvalue weighted by Gasteiger charge is 2.34. The highest BCUT2D eigenvalue weighted by atomic mass is 79.9. The topological polar surface area (TPSA) is 53.9 Å². The first-order chi connectivity index (χ1) is 15.5. The Balaban J connectivity index is 1.64. The Morgan fingerprint density at radius 2 is 1.75 bits per heavy atom. The summed E-state index contributed by atoms with van der Waals surface area (Å²) in [5.41, 5.74) is 2.44. The van der Waals surface area contributed by atoms with E-state index in [0.717, 1.165) is 27.2 Å². The summed E-state index contributed by atoms with van der Waals surface area (Å²) in [5, 5.41) is 3.87. The van der Waals surface area contributed by atoms with Crippen LogP contribution in [0, 0.1) is 0 Å². The molecule has 1 fully saturated rings. The van der Waals surface area contributed by atoms with Gasteiger partial charge in [-0.05, 0) is 84.2 Å². The highest BCUT2D eigenvalue weighted by Crippen LogP contribution is 2.36. The first-order valence-corrected chi connectivity index (χ1v) is 11.6. The largest absolute Gasteiger partial charge is 0.497 e. The van der Waals surface area contributed by atoms with Gasteiger partial charge in [0.15, 0.2) is 10.3 Å². The highest BCUT2D eigenvalue weighted by molar-refractivity contribution is 9.10. The third kappa shape index (κ3) is 5.27. The van der Waals surface area contributed by atoms with Crippen LogP contribution in [0.5, 0.6) is 5.75 Å². The summed E-state index contributed by atoms with van der Waals surface area (Å²) < 4.78 is 6.18. The van der Waals surface area contributed by atoms with Gasteiger partial charge in [-0.1, -0.05) is 46.3 Å². The van der Waals surface area contributed by atoms with Crippen LogP contribution in [0.3, 0.4) is 0 Å². The van der Waals surface area contributed by atoms with Gasteiger partial charge >= 0.3 is 0 Å². The number of ether oxygens (including phenoxy) is 1. The molecule has 0 radical (unpaired) electrons. The van der Waals surface area contributed by atoms with Crippen molar-refractivity contribution < 1.29 is 9.53 Å². The Bertz CT molecular complexity index is 1190. The van der Waals surface area contributed by atoms with Crippen LogP contribution in [0.4, 0.5) is 11.4 Å². The molecule has 1 saturated heterocycles. The second kappa shape index (κ2) is 10.1. The molecule has 0 aromatic heterocycles. The van der Waals surface area contributed by atoms with Gasteiger partial charge in [0.05, 0.1) is 17.7 Å². The average molecular weight is 524 g/mol. The lowest BCUT2D eigenvalue weighted by Gasteiger charge is -2.15. The van der Waals surface area contributed by atoms with E-state index < -0.39 is 0 Å². The second-order valence-corrected chi connectivity index (χ2v) is 9.00. The SMILES string of the molecule is COc1ccc(/C=C2/S/C(=N\C(=S)Nc3ccc(Br)cc3)N(c3ccccc3)C2=O)cc1. The Morgan fingerprint density at radius 1 is 1.06 bits per heavy atom. The van der Waals surface area contributed by atoms with Gasteiger partial charge in [0.25, 0.3) is 5.91 Å². The van der Waals surface area contributed by atoms with E-state index in [2.05, 4.69) is 26.2 Å². The molecule has 8 heteroatoms. The molecule has 0 atom stereocenters. The molecule has 5 nitrogen and oxygen atoms in total. The van der Waals surface area contributed by atoms with E-state index >= 15 is 0 Å². The first kappa shape index (κ1) is 22.3. The Hall–Kier alpha value is -2.94. The molecule has 32 heavy (non-hydrogen) atoms. The predicted molar refractivity (Wildman–Crippen MR) is 140 cm³/mol. The van der Waals surface area contributed by atoms with Crippen molar-refractivity contribution in [1.29, 1.82) is 0 Å². The molecular formula is C24H18BrN3O2S2. The fraction of sp³-hybridized carbons (Fsp3) is 0.0417. The quantitative estimate of drug-likeness (QED) is 0.319. The van der Waals surface area contributed by atoms with Crippen molar-refractivity contribution in [2.24, 2.45) is 4.99 Å². The number of amidine groups is 1. The first-order valence-electron chi connectivity index (χ1n) is 9.62. The molecule has 160 valence electrons. The number of benzene rings is 3. The monoisotopic (exact) mass is 523 g/mol. The number of carbonyl (C=O) groups excluding carboxylic acids is 1. The molecular weight excluding hydrogens is 506 g/mol. The van der Waals surface area contributed by atoms with Crippen LogP contribution in [0.25, 0.3) is 6.08 Å². The lowest BCUT2D eigenvalue weighted by molar-refractivity contribution is -0.113. The standard InChI is InChI=1S/C24H18BrN3O2S2/c1-30-20-13-7-16(8-14-20)15-21-22(29)28(19-5-3-2-4-6-19)24(32-21)27-23(31)26-18-11-9-17(25)10-12-18/h2-15H,1H3,(H,26,31)/b21-15+,27-24-. The molecule has 0 saturated carbocycles. The molecule has 0 bridgehead atoms. The number of amides is 1. The van der Waals surface area contributed by atoms with Gasteiger partial charge in [0.2, 0.25) is 0 Å². The van der Waals surface area contributed by atoms with Gasteiger partial charge in [-0.25, -0.2) is 0 Å². The number of nitrogens with zero attached hydrogens (tertiary/aromatic N) is 2. The zero-order valence-corrected chi connectivity index (χ0v) is 20.2. The lowest BCUT2D eigenvalue weighted by Crippen LogP contribution is -2.29. The van der Waals surface area contributed by atoms with Crippen molar-refractivity contribution in [2.75, 3.05) is 17.3 Å². The minimum Gasteiger partial charge on any atom is -0.497 e. The molecule has 1 N–H and O–H groups in total. The number of carbonyl (C=O) groups is 1. The van der Waals surface area contributed by atoms with Crippen LogP contribution in [-0.4, -0.2) is 23.3 Å². The van der Waals surface area contributed by atoms with E-state index in [1.165, 1.54) is 11.8 Å². The molecule has 4 rings (SSSR count). The molecule has 3 aromatic carbocycles. The fourth-order valence-corrected chi connectivity index (χ4v) is 4.49. The summed E-state index contributed by atoms with van der Waals surface area (Å²) in [4.78, 5) is 20.0. The van der Waals surface area contributed by atoms with Gasteiger partial charge in [0, 0.05) is 10.2 Å². The number of anilines is 2. The van der Waals surface area contributed by atoms with E-state index in [4.69, 9.17) is 17.0 Å². The van der Waals surface area contributed by atoms with Crippen LogP contribution in [0.15, 0.2) is 93.2 Å². The van der Waals surface area contributed by atoms with Gasteiger partial charge in [-0.15, -0.1) is 0 Å². The molecule has 0 spiro atoms. The van der Waals surface area contributed by atoms with Gasteiger partial charge in [-0.3, -0.25) is 9.69 Å². The summed E-state index contributed by atoms with van der Waals surface area (Å²) in [7, 11) is 1.62. The zero-order valence-electron chi connectivity index (χ0n) is 17.0. The third-order valence-corrected chi connectivity index (χ3v) is 6.22. The molecule has 1 amide bonds. The third-order valence-electron chi connectivity index (χ3n) is 4.53. The minimum absolute atomic E-state index is 0.151. The van der Waals surface area contributed by atoms with Gasteiger partial charge < -0.3 is 10.1 Å². The number of hydrogen-bond donors (Lipinski definition) is 1. The Morgan fingerprint density at radius 3 is 2.41 bits per heavy atom. The number of halogens is 1. The number of rotatable bonds is 4. The van der Waals surface area contributed by atoms with Crippen molar-refractivity contribution in [3.8, 4) is 5.75 Å². The van der Waals surface area contributed by atoms with Crippen molar-refractivity contribution in [2.45, 2.75) is 0 Å². The molecule has 0 aliphatic carbocycles. The van der Waals surface area contributed by atoms with Crippen LogP contribution >= 0.6 is 39.9 Å². The molecule has 1 heterocycles. The molecule has 3 aromatic rings. The van der Waals surface area contributed by atoms with Crippen molar-refractivity contribution in [3.63, 3.8) is 0 Å². The molecule has 1 aliphatic heterocycles. The number of methoxy groups -OCH3 is 1. The minimum atomic E-state index is -0.151. The fourth-order valence-electron chi connectivity index (χ4n) is 2.98. The van der Waals surface area contributed by atoms with E-state index in [1.54, 1.807) is 12.0 Å². The van der Waals surface area contributed by atoms with Crippen LogP contribution in [0.1, 0.15) is 5.56 Å². The average Bonchev–Trinajstić information content (AvgIpc) is 3.10. The van der Waals surface area contributed by atoms with Gasteiger partial charge in [0.1, 0.15) is 5.75 Å². The Kier molecular flexibility index (Phi) is 7.04. The maximum absolute atomic E-state index is 13.3.